The summed E-state index contributed by atoms with van der Waals surface area (Å²) in [5.74, 6) is 0. The van der Waals surface area contributed by atoms with E-state index in [2.05, 4.69) is 27.3 Å². The Balaban J connectivity index is 2.41. The molecule has 0 amide bonds. The maximum Gasteiger partial charge on any atom is 0.0719 e. The summed E-state index contributed by atoms with van der Waals surface area (Å²) in [6.07, 6.45) is 2.88. The Labute approximate surface area is 133 Å². The highest BCUT2D eigenvalue weighted by molar-refractivity contribution is 9.10. The lowest BCUT2D eigenvalue weighted by molar-refractivity contribution is 0.430. The molecule has 1 aromatic rings. The van der Waals surface area contributed by atoms with Crippen LogP contribution in [0.5, 0.6) is 0 Å². The first kappa shape index (κ1) is 16.6. The molecule has 19 heavy (non-hydrogen) atoms. The molecule has 0 aromatic heterocycles. The Hall–Kier alpha value is -0.430. The van der Waals surface area contributed by atoms with E-state index < -0.39 is 0 Å². The lowest BCUT2D eigenvalue weighted by atomic mass is 9.89. The van der Waals surface area contributed by atoms with Crippen molar-refractivity contribution >= 4 is 44.8 Å². The summed E-state index contributed by atoms with van der Waals surface area (Å²) in [7, 11) is 0. The Morgan fingerprint density at radius 2 is 1.84 bits per heavy atom. The topological polar surface area (TPSA) is 35.8 Å². The lowest BCUT2D eigenvalue weighted by Gasteiger charge is -2.15. The summed E-state index contributed by atoms with van der Waals surface area (Å²) in [4.78, 5) is 0. The van der Waals surface area contributed by atoms with Gasteiger partial charge in [0, 0.05) is 11.0 Å². The van der Waals surface area contributed by atoms with Gasteiger partial charge in [0.15, 0.2) is 0 Å². The molecule has 0 aliphatic heterocycles. The van der Waals surface area contributed by atoms with Gasteiger partial charge in [0.05, 0.1) is 27.2 Å². The van der Waals surface area contributed by atoms with Crippen molar-refractivity contribution in [3.05, 3.63) is 26.7 Å². The highest BCUT2D eigenvalue weighted by atomic mass is 79.9. The van der Waals surface area contributed by atoms with Gasteiger partial charge in [0.1, 0.15) is 0 Å². The van der Waals surface area contributed by atoms with Gasteiger partial charge in [-0.15, -0.1) is 0 Å². The molecule has 0 atom stereocenters. The minimum Gasteiger partial charge on any atom is -0.383 e. The Morgan fingerprint density at radius 3 is 2.37 bits per heavy atom. The zero-order valence-electron chi connectivity index (χ0n) is 11.1. The van der Waals surface area contributed by atoms with Crippen LogP contribution in [0.25, 0.3) is 0 Å². The number of unbranched alkanes of at least 4 members (excludes halogenated alkanes) is 1. The quantitative estimate of drug-likeness (QED) is 0.639. The molecule has 0 aliphatic rings. The molecule has 0 spiro atoms. The second-order valence-electron chi connectivity index (χ2n) is 5.12. The molecule has 1 rings (SSSR count). The molecule has 104 valence electrons. The number of hydrogen-bond donors (Lipinski definition) is 1. The van der Waals surface area contributed by atoms with Crippen LogP contribution in [0.2, 0.25) is 10.0 Å². The third kappa shape index (κ3) is 5.60. The average Bonchev–Trinajstić information content (AvgIpc) is 2.31. The molecule has 0 saturated heterocycles. The molecule has 0 saturated carbocycles. The van der Waals surface area contributed by atoms with E-state index in [1.54, 1.807) is 0 Å². The van der Waals surface area contributed by atoms with Crippen LogP contribution in [0.1, 0.15) is 33.1 Å². The molecular weight excluding hydrogens is 347 g/mol. The molecule has 0 fully saturated rings. The number of benzene rings is 1. The summed E-state index contributed by atoms with van der Waals surface area (Å²) in [5.41, 5.74) is 0.526. The zero-order chi connectivity index (χ0) is 14.5. The van der Waals surface area contributed by atoms with Crippen molar-refractivity contribution in [1.82, 2.24) is 0 Å². The van der Waals surface area contributed by atoms with E-state index in [1.807, 2.05) is 26.0 Å². The van der Waals surface area contributed by atoms with E-state index in [-0.39, 0.29) is 5.41 Å². The number of hydrogen-bond acceptors (Lipinski definition) is 2. The van der Waals surface area contributed by atoms with E-state index in [1.165, 1.54) is 0 Å². The highest BCUT2D eigenvalue weighted by Crippen LogP contribution is 2.33. The van der Waals surface area contributed by atoms with Gasteiger partial charge in [-0.25, -0.2) is 0 Å². The molecule has 0 heterocycles. The van der Waals surface area contributed by atoms with Crippen molar-refractivity contribution in [2.24, 2.45) is 5.41 Å². The molecule has 0 radical (unpaired) electrons. The van der Waals surface area contributed by atoms with Gasteiger partial charge in [-0.05, 0) is 38.8 Å². The third-order valence-electron chi connectivity index (χ3n) is 2.84. The van der Waals surface area contributed by atoms with E-state index in [0.29, 0.717) is 10.0 Å². The normalized spacial score (nSPS) is 11.2. The van der Waals surface area contributed by atoms with Gasteiger partial charge >= 0.3 is 0 Å². The predicted molar refractivity (Wildman–Crippen MR) is 85.9 cm³/mol. The molecule has 5 heteroatoms. The van der Waals surface area contributed by atoms with Crippen molar-refractivity contribution < 1.29 is 0 Å². The number of halogens is 3. The van der Waals surface area contributed by atoms with Crippen molar-refractivity contribution in [3.8, 4) is 6.07 Å². The standard InChI is InChI=1S/C14H17BrCl2N2/c1-14(2,9-18)5-3-4-6-19-13-11(16)7-10(15)8-12(13)17/h7-8,19H,3-6H2,1-2H3. The molecule has 1 N–H and O–H groups in total. The van der Waals surface area contributed by atoms with E-state index in [9.17, 15) is 0 Å². The molecular formula is C14H17BrCl2N2. The first-order valence-electron chi connectivity index (χ1n) is 6.15. The van der Waals surface area contributed by atoms with Crippen molar-refractivity contribution in [1.29, 1.82) is 5.26 Å². The molecule has 0 unspecified atom stereocenters. The Morgan fingerprint density at radius 1 is 1.26 bits per heavy atom. The first-order valence-corrected chi connectivity index (χ1v) is 7.70. The van der Waals surface area contributed by atoms with Crippen LogP contribution < -0.4 is 5.32 Å². The van der Waals surface area contributed by atoms with Crippen molar-refractivity contribution in [2.45, 2.75) is 33.1 Å². The van der Waals surface area contributed by atoms with Crippen LogP contribution in [-0.2, 0) is 0 Å². The minimum absolute atomic E-state index is 0.243. The Kier molecular flexibility index (Phi) is 6.46. The molecule has 2 nitrogen and oxygen atoms in total. The zero-order valence-corrected chi connectivity index (χ0v) is 14.2. The smallest absolute Gasteiger partial charge is 0.0719 e. The summed E-state index contributed by atoms with van der Waals surface area (Å²) >= 11 is 15.6. The number of anilines is 1. The number of rotatable bonds is 6. The summed E-state index contributed by atoms with van der Waals surface area (Å²) in [6, 6.07) is 5.93. The van der Waals surface area contributed by atoms with Gasteiger partial charge in [0.25, 0.3) is 0 Å². The molecule has 0 aliphatic carbocycles. The SMILES string of the molecule is CC(C)(C#N)CCCCNc1c(Cl)cc(Br)cc1Cl. The van der Waals surface area contributed by atoms with Crippen molar-refractivity contribution in [2.75, 3.05) is 11.9 Å². The maximum atomic E-state index is 8.92. The number of nitrogens with one attached hydrogen (secondary N) is 1. The fourth-order valence-electron chi connectivity index (χ4n) is 1.67. The number of nitrogens with zero attached hydrogens (tertiary/aromatic N) is 1. The third-order valence-corrected chi connectivity index (χ3v) is 3.89. The fraction of sp³-hybridized carbons (Fsp3) is 0.500. The molecule has 1 aromatic carbocycles. The van der Waals surface area contributed by atoms with Crippen molar-refractivity contribution in [3.63, 3.8) is 0 Å². The van der Waals surface area contributed by atoms with Crippen LogP contribution in [0.15, 0.2) is 16.6 Å². The summed E-state index contributed by atoms with van der Waals surface area (Å²) < 4.78 is 0.865. The first-order chi connectivity index (χ1) is 8.85. The number of nitriles is 1. The lowest BCUT2D eigenvalue weighted by Crippen LogP contribution is -2.09. The van der Waals surface area contributed by atoms with E-state index in [0.717, 1.165) is 36.0 Å². The molecule has 0 bridgehead atoms. The second-order valence-corrected chi connectivity index (χ2v) is 6.85. The minimum atomic E-state index is -0.243. The van der Waals surface area contributed by atoms with Crippen LogP contribution in [0.4, 0.5) is 5.69 Å². The van der Waals surface area contributed by atoms with Crippen LogP contribution in [0, 0.1) is 16.7 Å². The van der Waals surface area contributed by atoms with Crippen LogP contribution in [-0.4, -0.2) is 6.54 Å². The monoisotopic (exact) mass is 362 g/mol. The maximum absolute atomic E-state index is 8.92. The van der Waals surface area contributed by atoms with Crippen LogP contribution >= 0.6 is 39.1 Å². The average molecular weight is 364 g/mol. The Bertz CT molecular complexity index is 458. The fourth-order valence-corrected chi connectivity index (χ4v) is 3.01. The summed E-state index contributed by atoms with van der Waals surface area (Å²) in [5, 5.41) is 13.4. The van der Waals surface area contributed by atoms with Gasteiger partial charge in [0.2, 0.25) is 0 Å². The highest BCUT2D eigenvalue weighted by Gasteiger charge is 2.15. The predicted octanol–water partition coefficient (Wildman–Crippen LogP) is 5.89. The largest absolute Gasteiger partial charge is 0.383 e. The summed E-state index contributed by atoms with van der Waals surface area (Å²) in [6.45, 7) is 4.72. The van der Waals surface area contributed by atoms with Gasteiger partial charge < -0.3 is 5.32 Å². The van der Waals surface area contributed by atoms with Gasteiger partial charge in [-0.2, -0.15) is 5.26 Å². The van der Waals surface area contributed by atoms with Gasteiger partial charge in [-0.3, -0.25) is 0 Å². The van der Waals surface area contributed by atoms with E-state index >= 15 is 0 Å². The second kappa shape index (κ2) is 7.38. The van der Waals surface area contributed by atoms with Gasteiger partial charge in [-0.1, -0.05) is 45.6 Å². The van der Waals surface area contributed by atoms with E-state index in [4.69, 9.17) is 28.5 Å². The van der Waals surface area contributed by atoms with Crippen LogP contribution in [0.3, 0.4) is 0 Å².